The third-order valence-corrected chi connectivity index (χ3v) is 7.92. The van der Waals surface area contributed by atoms with Crippen LogP contribution in [0.3, 0.4) is 0 Å². The van der Waals surface area contributed by atoms with E-state index in [1.807, 2.05) is 52.8 Å². The van der Waals surface area contributed by atoms with E-state index in [4.69, 9.17) is 16.3 Å². The minimum absolute atomic E-state index is 0.122. The van der Waals surface area contributed by atoms with Crippen molar-refractivity contribution < 1.29 is 14.3 Å². The van der Waals surface area contributed by atoms with E-state index in [2.05, 4.69) is 17.0 Å². The molecule has 1 unspecified atom stereocenters. The topological polar surface area (TPSA) is 70.9 Å². The van der Waals surface area contributed by atoms with Crippen LogP contribution in [0.15, 0.2) is 30.5 Å². The number of likely N-dealkylation sites (N-methyl/N-ethyl adjacent to an activating group) is 1. The summed E-state index contributed by atoms with van der Waals surface area (Å²) in [6.07, 6.45) is 5.02. The van der Waals surface area contributed by atoms with E-state index < -0.39 is 5.41 Å². The highest BCUT2D eigenvalue weighted by Crippen LogP contribution is 2.36. The molecule has 0 N–H and O–H groups in total. The van der Waals surface area contributed by atoms with Gasteiger partial charge in [-0.25, -0.2) is 0 Å². The number of piperidine rings is 1. The van der Waals surface area contributed by atoms with Gasteiger partial charge in [0.15, 0.2) is 0 Å². The van der Waals surface area contributed by atoms with Gasteiger partial charge in [0.25, 0.3) is 0 Å². The van der Waals surface area contributed by atoms with Gasteiger partial charge in [-0.05, 0) is 57.0 Å². The average molecular weight is 516 g/mol. The van der Waals surface area contributed by atoms with Gasteiger partial charge in [-0.1, -0.05) is 17.7 Å². The molecule has 1 aromatic heterocycles. The molecular weight excluding hydrogens is 478 g/mol. The molecule has 1 atom stereocenters. The van der Waals surface area contributed by atoms with Crippen molar-refractivity contribution >= 4 is 23.4 Å². The zero-order chi connectivity index (χ0) is 25.7. The normalized spacial score (nSPS) is 21.0. The molecule has 0 spiro atoms. The molecule has 0 bridgehead atoms. The molecular formula is C27H38ClN5O3. The molecule has 2 aromatic rings. The van der Waals surface area contributed by atoms with Gasteiger partial charge in [0.2, 0.25) is 11.8 Å². The van der Waals surface area contributed by atoms with Crippen molar-refractivity contribution in [1.29, 1.82) is 0 Å². The lowest BCUT2D eigenvalue weighted by Gasteiger charge is -2.43. The van der Waals surface area contributed by atoms with Crippen LogP contribution in [0, 0.1) is 12.3 Å². The van der Waals surface area contributed by atoms with Gasteiger partial charge in [-0.2, -0.15) is 5.10 Å². The fourth-order valence-corrected chi connectivity index (χ4v) is 5.39. The number of aryl methyl sites for hydroxylation is 2. The molecule has 2 saturated heterocycles. The van der Waals surface area contributed by atoms with Crippen LogP contribution in [0.4, 0.5) is 0 Å². The van der Waals surface area contributed by atoms with Crippen LogP contribution in [0.1, 0.15) is 36.9 Å². The van der Waals surface area contributed by atoms with E-state index in [1.165, 1.54) is 0 Å². The molecule has 0 aliphatic carbocycles. The molecule has 2 amide bonds. The van der Waals surface area contributed by atoms with Gasteiger partial charge in [0.1, 0.15) is 5.75 Å². The molecule has 1 aromatic carbocycles. The molecule has 3 heterocycles. The number of rotatable bonds is 8. The van der Waals surface area contributed by atoms with Gasteiger partial charge in [0, 0.05) is 75.3 Å². The summed E-state index contributed by atoms with van der Waals surface area (Å²) in [5.41, 5.74) is 1.76. The maximum absolute atomic E-state index is 13.4. The smallest absolute Gasteiger partial charge is 0.223 e. The minimum atomic E-state index is -0.430. The molecule has 2 aliphatic rings. The zero-order valence-electron chi connectivity index (χ0n) is 21.7. The van der Waals surface area contributed by atoms with Crippen molar-refractivity contribution in [1.82, 2.24) is 24.5 Å². The second kappa shape index (κ2) is 11.6. The molecule has 0 radical (unpaired) electrons. The monoisotopic (exact) mass is 515 g/mol. The summed E-state index contributed by atoms with van der Waals surface area (Å²) in [4.78, 5) is 32.8. The number of aromatic nitrogens is 2. The Morgan fingerprint density at radius 2 is 1.86 bits per heavy atom. The molecule has 2 aliphatic heterocycles. The lowest BCUT2D eigenvalue weighted by Crippen LogP contribution is -2.53. The number of hydrogen-bond acceptors (Lipinski definition) is 5. The number of benzene rings is 1. The molecule has 196 valence electrons. The molecule has 9 heteroatoms. The third kappa shape index (κ3) is 6.59. The van der Waals surface area contributed by atoms with Crippen LogP contribution in [0.5, 0.6) is 5.75 Å². The Labute approximate surface area is 219 Å². The van der Waals surface area contributed by atoms with Crippen LogP contribution in [0.2, 0.25) is 5.02 Å². The second-order valence-corrected chi connectivity index (χ2v) is 10.8. The van der Waals surface area contributed by atoms with Gasteiger partial charge in [0.05, 0.1) is 12.8 Å². The van der Waals surface area contributed by atoms with E-state index in [0.717, 1.165) is 50.3 Å². The first-order valence-corrected chi connectivity index (χ1v) is 13.2. The SMILES string of the molecule is Cc1c(CCC(=O)N2CCCC(COc3cccc(Cl)c3)(CC(=O)N3CCN(C)CC3)C2)cnn1C. The van der Waals surface area contributed by atoms with Gasteiger partial charge in [-0.3, -0.25) is 14.3 Å². The Morgan fingerprint density at radius 1 is 1.08 bits per heavy atom. The van der Waals surface area contributed by atoms with Crippen LogP contribution in [-0.4, -0.2) is 89.2 Å². The van der Waals surface area contributed by atoms with Crippen molar-refractivity contribution in [3.63, 3.8) is 0 Å². The predicted octanol–water partition coefficient (Wildman–Crippen LogP) is 3.17. The molecule has 8 nitrogen and oxygen atoms in total. The lowest BCUT2D eigenvalue weighted by atomic mass is 9.77. The number of likely N-dealkylation sites (tertiary alicyclic amines) is 1. The maximum Gasteiger partial charge on any atom is 0.223 e. The Bertz CT molecular complexity index is 1070. The molecule has 2 fully saturated rings. The molecule has 0 saturated carbocycles. The van der Waals surface area contributed by atoms with Crippen molar-refractivity contribution in [3.05, 3.63) is 46.7 Å². The Balaban J connectivity index is 1.45. The number of carbonyl (C=O) groups is 2. The molecule has 4 rings (SSSR count). The van der Waals surface area contributed by atoms with Crippen molar-refractivity contribution in [3.8, 4) is 5.75 Å². The molecule has 36 heavy (non-hydrogen) atoms. The van der Waals surface area contributed by atoms with E-state index in [0.29, 0.717) is 49.7 Å². The summed E-state index contributed by atoms with van der Waals surface area (Å²) < 4.78 is 8.03. The summed E-state index contributed by atoms with van der Waals surface area (Å²) in [5, 5.41) is 4.90. The summed E-state index contributed by atoms with van der Waals surface area (Å²) in [6.45, 7) is 6.89. The summed E-state index contributed by atoms with van der Waals surface area (Å²) in [5.74, 6) is 0.958. The van der Waals surface area contributed by atoms with Crippen LogP contribution in [0.25, 0.3) is 0 Å². The number of ether oxygens (including phenoxy) is 1. The number of nitrogens with zero attached hydrogens (tertiary/aromatic N) is 5. The third-order valence-electron chi connectivity index (χ3n) is 7.68. The zero-order valence-corrected chi connectivity index (χ0v) is 22.5. The standard InChI is InChI=1S/C27H38ClN5O3/c1-21-22(18-29-31(21)3)8-9-25(34)33-11-5-10-27(19-33,20-36-24-7-4-6-23(28)16-24)17-26(35)32-14-12-30(2)13-15-32/h4,6-7,16,18H,5,8-15,17,19-20H2,1-3H3. The number of piperazine rings is 1. The van der Waals surface area contributed by atoms with E-state index >= 15 is 0 Å². The lowest BCUT2D eigenvalue weighted by molar-refractivity contribution is -0.142. The number of halogens is 1. The van der Waals surface area contributed by atoms with E-state index in [-0.39, 0.29) is 11.8 Å². The Hall–Kier alpha value is -2.58. The van der Waals surface area contributed by atoms with E-state index in [9.17, 15) is 9.59 Å². The fraction of sp³-hybridized carbons (Fsp3) is 0.593. The van der Waals surface area contributed by atoms with Crippen molar-refractivity contribution in [2.24, 2.45) is 12.5 Å². The number of carbonyl (C=O) groups excluding carboxylic acids is 2. The highest BCUT2D eigenvalue weighted by atomic mass is 35.5. The predicted molar refractivity (Wildman–Crippen MR) is 140 cm³/mol. The average Bonchev–Trinajstić information content (AvgIpc) is 3.19. The second-order valence-electron chi connectivity index (χ2n) is 10.4. The number of amides is 2. The summed E-state index contributed by atoms with van der Waals surface area (Å²) >= 11 is 6.16. The first-order valence-electron chi connectivity index (χ1n) is 12.8. The Kier molecular flexibility index (Phi) is 8.57. The highest BCUT2D eigenvalue weighted by Gasteiger charge is 2.41. The Morgan fingerprint density at radius 3 is 2.56 bits per heavy atom. The van der Waals surface area contributed by atoms with Crippen molar-refractivity contribution in [2.75, 3.05) is 52.9 Å². The first-order chi connectivity index (χ1) is 17.2. The fourth-order valence-electron chi connectivity index (χ4n) is 5.20. The van der Waals surface area contributed by atoms with Crippen molar-refractivity contribution in [2.45, 2.75) is 39.0 Å². The van der Waals surface area contributed by atoms with Gasteiger partial charge in [-0.15, -0.1) is 0 Å². The van der Waals surface area contributed by atoms with E-state index in [1.54, 1.807) is 6.07 Å². The summed E-state index contributed by atoms with van der Waals surface area (Å²) in [6, 6.07) is 7.34. The largest absolute Gasteiger partial charge is 0.493 e. The van der Waals surface area contributed by atoms with Crippen LogP contribution in [-0.2, 0) is 23.1 Å². The highest BCUT2D eigenvalue weighted by molar-refractivity contribution is 6.30. The van der Waals surface area contributed by atoms with Crippen LogP contribution < -0.4 is 4.74 Å². The number of hydrogen-bond donors (Lipinski definition) is 0. The summed E-state index contributed by atoms with van der Waals surface area (Å²) in [7, 11) is 4.00. The first kappa shape index (κ1) is 26.5. The minimum Gasteiger partial charge on any atom is -0.493 e. The van der Waals surface area contributed by atoms with Gasteiger partial charge < -0.3 is 19.4 Å². The quantitative estimate of drug-likeness (QED) is 0.540. The maximum atomic E-state index is 13.4. The van der Waals surface area contributed by atoms with Crippen LogP contribution >= 0.6 is 11.6 Å². The van der Waals surface area contributed by atoms with Gasteiger partial charge >= 0.3 is 0 Å².